The van der Waals surface area contributed by atoms with Crippen molar-refractivity contribution < 1.29 is 22.8 Å². The van der Waals surface area contributed by atoms with E-state index in [-0.39, 0.29) is 24.0 Å². The Kier molecular flexibility index (Phi) is 6.17. The minimum atomic E-state index is -0.805. The summed E-state index contributed by atoms with van der Waals surface area (Å²) < 4.78 is 37.1. The fraction of sp³-hybridized carbons (Fsp3) is 0.444. The molecule has 2 aromatic rings. The lowest BCUT2D eigenvalue weighted by atomic mass is 10.1. The van der Waals surface area contributed by atoms with Gasteiger partial charge in [0.25, 0.3) is 5.91 Å². The van der Waals surface area contributed by atoms with Gasteiger partial charge >= 0.3 is 0 Å². The van der Waals surface area contributed by atoms with Crippen molar-refractivity contribution in [1.82, 2.24) is 15.4 Å². The van der Waals surface area contributed by atoms with E-state index >= 15 is 0 Å². The Morgan fingerprint density at radius 2 is 1.96 bits per heavy atom. The number of nitrogens with one attached hydrogen (secondary N) is 1. The van der Waals surface area contributed by atoms with Crippen LogP contribution in [0.1, 0.15) is 35.5 Å². The number of amides is 1. The van der Waals surface area contributed by atoms with Crippen molar-refractivity contribution in [3.63, 3.8) is 0 Å². The normalized spacial score (nSPS) is 15.0. The molecule has 3 rings (SSSR count). The van der Waals surface area contributed by atoms with Gasteiger partial charge in [0, 0.05) is 19.2 Å². The quantitative estimate of drug-likeness (QED) is 0.817. The van der Waals surface area contributed by atoms with Crippen molar-refractivity contribution in [2.75, 3.05) is 26.2 Å². The smallest absolute Gasteiger partial charge is 0.273 e. The summed E-state index contributed by atoms with van der Waals surface area (Å²) in [7, 11) is 0. The number of halogens is 2. The number of nitrogens with zero attached hydrogens (tertiary/aromatic N) is 2. The third-order valence-electron chi connectivity index (χ3n) is 4.23. The van der Waals surface area contributed by atoms with Crippen molar-refractivity contribution >= 4 is 5.91 Å². The lowest BCUT2D eigenvalue weighted by Crippen LogP contribution is -2.37. The van der Waals surface area contributed by atoms with Crippen LogP contribution in [0, 0.1) is 11.6 Å². The van der Waals surface area contributed by atoms with Crippen LogP contribution in [0.15, 0.2) is 28.8 Å². The first-order valence-corrected chi connectivity index (χ1v) is 8.66. The number of aromatic nitrogens is 1. The number of rotatable bonds is 7. The third kappa shape index (κ3) is 4.78. The van der Waals surface area contributed by atoms with E-state index in [0.717, 1.165) is 31.8 Å². The first-order valence-electron chi connectivity index (χ1n) is 8.66. The lowest BCUT2D eigenvalue weighted by Gasteiger charge is -2.26. The summed E-state index contributed by atoms with van der Waals surface area (Å²) in [6.07, 6.45) is 3.66. The number of likely N-dealkylation sites (tertiary alicyclic amines) is 1. The molecule has 0 saturated carbocycles. The van der Waals surface area contributed by atoms with E-state index in [1.807, 2.05) is 0 Å². The first-order chi connectivity index (χ1) is 12.6. The maximum Gasteiger partial charge on any atom is 0.273 e. The van der Waals surface area contributed by atoms with Gasteiger partial charge in [-0.05, 0) is 38.1 Å². The molecular weight excluding hydrogens is 344 g/mol. The van der Waals surface area contributed by atoms with E-state index in [9.17, 15) is 13.6 Å². The van der Waals surface area contributed by atoms with Gasteiger partial charge in [0.15, 0.2) is 28.8 Å². The fourth-order valence-corrected chi connectivity index (χ4v) is 2.85. The van der Waals surface area contributed by atoms with Crippen LogP contribution in [0.4, 0.5) is 8.78 Å². The molecule has 0 atom stereocenters. The van der Waals surface area contributed by atoms with Crippen LogP contribution in [0.25, 0.3) is 0 Å². The highest BCUT2D eigenvalue weighted by Gasteiger charge is 2.16. The molecule has 1 fully saturated rings. The summed E-state index contributed by atoms with van der Waals surface area (Å²) in [6, 6.07) is 4.84. The van der Waals surface area contributed by atoms with E-state index < -0.39 is 17.4 Å². The standard InChI is InChI=1S/C18H21F2N3O3/c19-14-5-4-6-15(20)17(14)25-12-13-11-16(22-26-13)18(24)21-7-10-23-8-2-1-3-9-23/h4-6,11H,1-3,7-10,12H2,(H,21,24). The molecule has 1 N–H and O–H groups in total. The summed E-state index contributed by atoms with van der Waals surface area (Å²) in [6.45, 7) is 3.22. The molecule has 1 amide bonds. The van der Waals surface area contributed by atoms with Gasteiger partial charge in [-0.25, -0.2) is 8.78 Å². The van der Waals surface area contributed by atoms with Crippen LogP contribution < -0.4 is 10.1 Å². The Balaban J connectivity index is 1.47. The van der Waals surface area contributed by atoms with Crippen LogP contribution in [-0.2, 0) is 6.61 Å². The largest absolute Gasteiger partial charge is 0.479 e. The lowest BCUT2D eigenvalue weighted by molar-refractivity contribution is 0.0937. The molecule has 0 unspecified atom stereocenters. The summed E-state index contributed by atoms with van der Waals surface area (Å²) in [4.78, 5) is 14.4. The Labute approximate surface area is 150 Å². The van der Waals surface area contributed by atoms with Gasteiger partial charge in [0.1, 0.15) is 6.61 Å². The average molecular weight is 365 g/mol. The van der Waals surface area contributed by atoms with E-state index in [1.165, 1.54) is 31.4 Å². The molecule has 6 nitrogen and oxygen atoms in total. The van der Waals surface area contributed by atoms with Crippen molar-refractivity contribution in [2.24, 2.45) is 0 Å². The molecule has 8 heteroatoms. The molecule has 0 bridgehead atoms. The fourth-order valence-electron chi connectivity index (χ4n) is 2.85. The number of hydrogen-bond donors (Lipinski definition) is 1. The first kappa shape index (κ1) is 18.3. The minimum Gasteiger partial charge on any atom is -0.479 e. The molecule has 0 radical (unpaired) electrons. The van der Waals surface area contributed by atoms with Crippen molar-refractivity contribution in [1.29, 1.82) is 0 Å². The maximum atomic E-state index is 13.5. The Bertz CT molecular complexity index is 725. The van der Waals surface area contributed by atoms with E-state index in [1.54, 1.807) is 0 Å². The Morgan fingerprint density at radius 1 is 1.23 bits per heavy atom. The molecule has 1 aliphatic heterocycles. The molecule has 1 aliphatic rings. The van der Waals surface area contributed by atoms with Crippen LogP contribution >= 0.6 is 0 Å². The van der Waals surface area contributed by atoms with Crippen LogP contribution in [0.2, 0.25) is 0 Å². The van der Waals surface area contributed by atoms with Gasteiger partial charge in [0.05, 0.1) is 0 Å². The number of piperidine rings is 1. The molecule has 0 spiro atoms. The van der Waals surface area contributed by atoms with Crippen LogP contribution in [0.5, 0.6) is 5.75 Å². The molecule has 2 heterocycles. The van der Waals surface area contributed by atoms with Crippen LogP contribution in [0.3, 0.4) is 0 Å². The highest BCUT2D eigenvalue weighted by atomic mass is 19.1. The third-order valence-corrected chi connectivity index (χ3v) is 4.23. The minimum absolute atomic E-state index is 0.108. The van der Waals surface area contributed by atoms with Crippen LogP contribution in [-0.4, -0.2) is 42.1 Å². The summed E-state index contributed by atoms with van der Waals surface area (Å²) in [5.74, 6) is -2.25. The number of carbonyl (C=O) groups is 1. The van der Waals surface area contributed by atoms with Gasteiger partial charge in [-0.1, -0.05) is 17.6 Å². The Morgan fingerprint density at radius 3 is 2.69 bits per heavy atom. The zero-order valence-corrected chi connectivity index (χ0v) is 14.3. The number of benzene rings is 1. The summed E-state index contributed by atoms with van der Waals surface area (Å²) in [5, 5.41) is 6.46. The number of para-hydroxylation sites is 1. The van der Waals surface area contributed by atoms with Gasteiger partial charge in [-0.15, -0.1) is 0 Å². The molecule has 26 heavy (non-hydrogen) atoms. The zero-order chi connectivity index (χ0) is 18.4. The van der Waals surface area contributed by atoms with E-state index in [2.05, 4.69) is 15.4 Å². The van der Waals surface area contributed by atoms with E-state index in [0.29, 0.717) is 6.54 Å². The topological polar surface area (TPSA) is 67.6 Å². The molecule has 1 aromatic carbocycles. The Hall–Kier alpha value is -2.48. The maximum absolute atomic E-state index is 13.5. The average Bonchev–Trinajstić information content (AvgIpc) is 3.11. The highest BCUT2D eigenvalue weighted by Crippen LogP contribution is 2.22. The molecule has 140 valence electrons. The molecule has 1 aromatic heterocycles. The SMILES string of the molecule is O=C(NCCN1CCCCC1)c1cc(COc2c(F)cccc2F)on1. The monoisotopic (exact) mass is 365 g/mol. The summed E-state index contributed by atoms with van der Waals surface area (Å²) >= 11 is 0. The van der Waals surface area contributed by atoms with Crippen molar-refractivity contribution in [3.8, 4) is 5.75 Å². The van der Waals surface area contributed by atoms with Gasteiger partial charge < -0.3 is 19.5 Å². The van der Waals surface area contributed by atoms with Gasteiger partial charge in [-0.3, -0.25) is 4.79 Å². The number of hydrogen-bond acceptors (Lipinski definition) is 5. The van der Waals surface area contributed by atoms with Gasteiger partial charge in [0.2, 0.25) is 0 Å². The van der Waals surface area contributed by atoms with E-state index in [4.69, 9.17) is 9.26 Å². The second-order valence-electron chi connectivity index (χ2n) is 6.18. The molecule has 1 saturated heterocycles. The number of carbonyl (C=O) groups excluding carboxylic acids is 1. The van der Waals surface area contributed by atoms with Crippen molar-refractivity contribution in [2.45, 2.75) is 25.9 Å². The summed E-state index contributed by atoms with van der Waals surface area (Å²) in [5.41, 5.74) is 0.108. The zero-order valence-electron chi connectivity index (χ0n) is 14.3. The number of ether oxygens (including phenoxy) is 1. The van der Waals surface area contributed by atoms with Gasteiger partial charge in [-0.2, -0.15) is 0 Å². The van der Waals surface area contributed by atoms with Crippen molar-refractivity contribution in [3.05, 3.63) is 47.4 Å². The second-order valence-corrected chi connectivity index (χ2v) is 6.18. The molecular formula is C18H21F2N3O3. The second kappa shape index (κ2) is 8.75. The predicted molar refractivity (Wildman–Crippen MR) is 89.8 cm³/mol. The molecule has 0 aliphatic carbocycles. The predicted octanol–water partition coefficient (Wildman–Crippen LogP) is 2.75. The highest BCUT2D eigenvalue weighted by molar-refractivity contribution is 5.92.